The summed E-state index contributed by atoms with van der Waals surface area (Å²) in [6.45, 7) is 4.03. The lowest BCUT2D eigenvalue weighted by molar-refractivity contribution is -0.127. The van der Waals surface area contributed by atoms with E-state index < -0.39 is 17.9 Å². The Bertz CT molecular complexity index is 658. The van der Waals surface area contributed by atoms with E-state index in [0.29, 0.717) is 23.9 Å². The molecule has 0 aliphatic rings. The lowest BCUT2D eigenvalue weighted by atomic mass is 10.2. The monoisotopic (exact) mass is 318 g/mol. The first-order valence-electron chi connectivity index (χ1n) is 7.14. The molecule has 1 heterocycles. The van der Waals surface area contributed by atoms with Crippen LogP contribution in [0.5, 0.6) is 5.75 Å². The largest absolute Gasteiger partial charge is 0.492 e. The van der Waals surface area contributed by atoms with Gasteiger partial charge in [-0.25, -0.2) is 0 Å². The third-order valence-corrected chi connectivity index (χ3v) is 2.91. The van der Waals surface area contributed by atoms with Gasteiger partial charge in [-0.1, -0.05) is 17.3 Å². The number of aromatic amines is 1. The number of para-hydroxylation sites is 2. The Kier molecular flexibility index (Phi) is 5.61. The standard InChI is InChI=1S/C14H18N6O3/c1-3-23-11-7-5-4-6-10(11)16-13(22)8-12(21)15-9(2)14-17-19-20-18-14/h4-7,9H,3,8H2,1-2H3,(H,15,21)(H,16,22)(H,17,18,19,20)/t9-/m0/s1. The predicted octanol–water partition coefficient (Wildman–Crippen LogP) is 0.804. The lowest BCUT2D eigenvalue weighted by Crippen LogP contribution is -2.31. The molecule has 0 fully saturated rings. The first-order valence-corrected chi connectivity index (χ1v) is 7.14. The molecule has 2 aromatic rings. The molecule has 1 atom stereocenters. The van der Waals surface area contributed by atoms with E-state index in [9.17, 15) is 9.59 Å². The summed E-state index contributed by atoms with van der Waals surface area (Å²) in [5.41, 5.74) is 0.526. The number of tetrazole rings is 1. The molecule has 0 saturated heterocycles. The molecule has 0 saturated carbocycles. The summed E-state index contributed by atoms with van der Waals surface area (Å²) in [7, 11) is 0. The number of nitrogens with zero attached hydrogens (tertiary/aromatic N) is 3. The van der Waals surface area contributed by atoms with Crippen LogP contribution < -0.4 is 15.4 Å². The van der Waals surface area contributed by atoms with E-state index in [0.717, 1.165) is 0 Å². The summed E-state index contributed by atoms with van der Waals surface area (Å²) in [6, 6.07) is 6.60. The second-order valence-electron chi connectivity index (χ2n) is 4.71. The summed E-state index contributed by atoms with van der Waals surface area (Å²) in [6.07, 6.45) is -0.317. The van der Waals surface area contributed by atoms with E-state index in [1.807, 2.05) is 6.92 Å². The van der Waals surface area contributed by atoms with Gasteiger partial charge in [0.2, 0.25) is 11.8 Å². The average molecular weight is 318 g/mol. The van der Waals surface area contributed by atoms with Gasteiger partial charge in [0.05, 0.1) is 18.3 Å². The molecule has 3 N–H and O–H groups in total. The van der Waals surface area contributed by atoms with Crippen molar-refractivity contribution in [2.24, 2.45) is 0 Å². The van der Waals surface area contributed by atoms with Gasteiger partial charge < -0.3 is 15.4 Å². The summed E-state index contributed by atoms with van der Waals surface area (Å²) < 4.78 is 5.41. The lowest BCUT2D eigenvalue weighted by Gasteiger charge is -2.12. The molecule has 2 amide bonds. The molecule has 2 rings (SSSR count). The third-order valence-electron chi connectivity index (χ3n) is 2.91. The normalized spacial score (nSPS) is 11.6. The molecular weight excluding hydrogens is 300 g/mol. The molecule has 0 unspecified atom stereocenters. The Morgan fingerprint density at radius 1 is 1.30 bits per heavy atom. The van der Waals surface area contributed by atoms with E-state index >= 15 is 0 Å². The van der Waals surface area contributed by atoms with Crippen molar-refractivity contribution >= 4 is 17.5 Å². The molecule has 9 heteroatoms. The molecule has 0 aliphatic carbocycles. The highest BCUT2D eigenvalue weighted by atomic mass is 16.5. The maximum atomic E-state index is 12.0. The highest BCUT2D eigenvalue weighted by Gasteiger charge is 2.16. The topological polar surface area (TPSA) is 122 Å². The first-order chi connectivity index (χ1) is 11.1. The van der Waals surface area contributed by atoms with Crippen LogP contribution in [0.3, 0.4) is 0 Å². The quantitative estimate of drug-likeness (QED) is 0.649. The van der Waals surface area contributed by atoms with Gasteiger partial charge in [0, 0.05) is 0 Å². The molecule has 1 aromatic carbocycles. The summed E-state index contributed by atoms with van der Waals surface area (Å²) in [5.74, 6) is 0.0352. The van der Waals surface area contributed by atoms with Crippen molar-refractivity contribution in [1.29, 1.82) is 0 Å². The minimum Gasteiger partial charge on any atom is -0.492 e. The SMILES string of the molecule is CCOc1ccccc1NC(=O)CC(=O)N[C@@H](C)c1nn[nH]n1. The molecule has 1 aromatic heterocycles. The average Bonchev–Trinajstić information content (AvgIpc) is 3.03. The number of ether oxygens (including phenoxy) is 1. The number of carbonyl (C=O) groups excluding carboxylic acids is 2. The number of nitrogens with one attached hydrogen (secondary N) is 3. The minimum absolute atomic E-state index is 0.317. The Balaban J connectivity index is 1.88. The van der Waals surface area contributed by atoms with Crippen LogP contribution in [0.2, 0.25) is 0 Å². The molecule has 0 bridgehead atoms. The number of amides is 2. The fraction of sp³-hybridized carbons (Fsp3) is 0.357. The fourth-order valence-corrected chi connectivity index (χ4v) is 1.90. The second kappa shape index (κ2) is 7.87. The van der Waals surface area contributed by atoms with Crippen LogP contribution in [0.1, 0.15) is 32.1 Å². The number of aromatic nitrogens is 4. The Morgan fingerprint density at radius 2 is 2.09 bits per heavy atom. The maximum Gasteiger partial charge on any atom is 0.233 e. The van der Waals surface area contributed by atoms with Crippen LogP contribution in [0.4, 0.5) is 5.69 Å². The number of H-pyrrole nitrogens is 1. The predicted molar refractivity (Wildman–Crippen MR) is 81.6 cm³/mol. The van der Waals surface area contributed by atoms with Crippen LogP contribution in [0.25, 0.3) is 0 Å². The number of benzene rings is 1. The Hall–Kier alpha value is -2.97. The zero-order chi connectivity index (χ0) is 16.7. The minimum atomic E-state index is -0.440. The van der Waals surface area contributed by atoms with Crippen LogP contribution in [-0.4, -0.2) is 39.0 Å². The van der Waals surface area contributed by atoms with Gasteiger partial charge in [-0.3, -0.25) is 9.59 Å². The summed E-state index contributed by atoms with van der Waals surface area (Å²) in [5, 5.41) is 18.5. The van der Waals surface area contributed by atoms with Crippen molar-refractivity contribution in [3.05, 3.63) is 30.1 Å². The molecule has 9 nitrogen and oxygen atoms in total. The third kappa shape index (κ3) is 4.77. The van der Waals surface area contributed by atoms with Gasteiger partial charge in [0.1, 0.15) is 12.2 Å². The van der Waals surface area contributed by atoms with Crippen molar-refractivity contribution < 1.29 is 14.3 Å². The van der Waals surface area contributed by atoms with E-state index in [1.165, 1.54) is 0 Å². The van der Waals surface area contributed by atoms with Gasteiger partial charge in [-0.05, 0) is 26.0 Å². The summed E-state index contributed by atoms with van der Waals surface area (Å²) in [4.78, 5) is 23.8. The van der Waals surface area contributed by atoms with Gasteiger partial charge in [-0.15, -0.1) is 10.2 Å². The van der Waals surface area contributed by atoms with Crippen molar-refractivity contribution in [2.75, 3.05) is 11.9 Å². The number of anilines is 1. The molecule has 0 spiro atoms. The van der Waals surface area contributed by atoms with E-state index in [4.69, 9.17) is 4.74 Å². The van der Waals surface area contributed by atoms with E-state index in [2.05, 4.69) is 31.3 Å². The molecule has 23 heavy (non-hydrogen) atoms. The molecule has 0 aliphatic heterocycles. The Morgan fingerprint density at radius 3 is 2.78 bits per heavy atom. The van der Waals surface area contributed by atoms with Gasteiger partial charge in [0.15, 0.2) is 5.82 Å². The molecule has 0 radical (unpaired) electrons. The number of carbonyl (C=O) groups is 2. The van der Waals surface area contributed by atoms with Crippen LogP contribution in [0, 0.1) is 0 Å². The second-order valence-corrected chi connectivity index (χ2v) is 4.71. The maximum absolute atomic E-state index is 12.0. The van der Waals surface area contributed by atoms with Gasteiger partial charge >= 0.3 is 0 Å². The van der Waals surface area contributed by atoms with Crippen molar-refractivity contribution in [1.82, 2.24) is 25.9 Å². The van der Waals surface area contributed by atoms with Crippen LogP contribution in [0.15, 0.2) is 24.3 Å². The van der Waals surface area contributed by atoms with E-state index in [1.54, 1.807) is 31.2 Å². The van der Waals surface area contributed by atoms with Crippen LogP contribution >= 0.6 is 0 Å². The first kappa shape index (κ1) is 16.4. The fourth-order valence-electron chi connectivity index (χ4n) is 1.90. The number of hydrogen-bond donors (Lipinski definition) is 3. The summed E-state index contributed by atoms with van der Waals surface area (Å²) >= 11 is 0. The zero-order valence-electron chi connectivity index (χ0n) is 12.9. The number of hydrogen-bond acceptors (Lipinski definition) is 6. The molecular formula is C14H18N6O3. The smallest absolute Gasteiger partial charge is 0.233 e. The number of rotatable bonds is 7. The van der Waals surface area contributed by atoms with Gasteiger partial charge in [-0.2, -0.15) is 5.21 Å². The molecule has 122 valence electrons. The zero-order valence-corrected chi connectivity index (χ0v) is 12.9. The van der Waals surface area contributed by atoms with Crippen LogP contribution in [-0.2, 0) is 9.59 Å². The van der Waals surface area contributed by atoms with Crippen molar-refractivity contribution in [3.8, 4) is 5.75 Å². The van der Waals surface area contributed by atoms with Gasteiger partial charge in [0.25, 0.3) is 0 Å². The Labute approximate surface area is 132 Å². The van der Waals surface area contributed by atoms with Crippen molar-refractivity contribution in [3.63, 3.8) is 0 Å². The van der Waals surface area contributed by atoms with E-state index in [-0.39, 0.29) is 6.42 Å². The van der Waals surface area contributed by atoms with Crippen molar-refractivity contribution in [2.45, 2.75) is 26.3 Å². The highest BCUT2D eigenvalue weighted by molar-refractivity contribution is 6.04. The highest BCUT2D eigenvalue weighted by Crippen LogP contribution is 2.23.